The molecule has 2 heterocycles. The minimum absolute atomic E-state index is 0.0927. The highest BCUT2D eigenvalue weighted by atomic mass is 32.1. The van der Waals surface area contributed by atoms with E-state index in [1.807, 2.05) is 16.8 Å². The topological polar surface area (TPSA) is 68.0 Å². The molecule has 152 valence electrons. The summed E-state index contributed by atoms with van der Waals surface area (Å²) in [6, 6.07) is 5.82. The predicted octanol–water partition coefficient (Wildman–Crippen LogP) is 4.64. The Hall–Kier alpha value is -2.61. The maximum Gasteiger partial charge on any atom is 0.227 e. The Balaban J connectivity index is 1.37. The Bertz CT molecular complexity index is 961. The summed E-state index contributed by atoms with van der Waals surface area (Å²) in [5.41, 5.74) is 0.279. The molecule has 4 rings (SSSR count). The molecular weight excluding hydrogens is 396 g/mol. The van der Waals surface area contributed by atoms with Crippen LogP contribution in [0, 0.1) is 11.6 Å². The van der Waals surface area contributed by atoms with E-state index in [1.165, 1.54) is 18.2 Å². The third kappa shape index (κ3) is 4.22. The molecular formula is C21H21F2N3O2S. The van der Waals surface area contributed by atoms with E-state index >= 15 is 0 Å². The molecule has 1 saturated carbocycles. The Labute approximate surface area is 171 Å². The summed E-state index contributed by atoms with van der Waals surface area (Å²) in [6.07, 6.45) is 3.55. The van der Waals surface area contributed by atoms with Gasteiger partial charge in [0.1, 0.15) is 11.6 Å². The number of aromatic nitrogens is 2. The molecule has 0 spiro atoms. The summed E-state index contributed by atoms with van der Waals surface area (Å²) in [5.74, 6) is -0.414. The molecule has 0 saturated heterocycles. The normalized spacial score (nSPS) is 15.5. The van der Waals surface area contributed by atoms with E-state index in [1.54, 1.807) is 11.3 Å². The lowest BCUT2D eigenvalue weighted by Gasteiger charge is -2.30. The summed E-state index contributed by atoms with van der Waals surface area (Å²) in [5, 5.41) is 10.6. The molecule has 0 bridgehead atoms. The van der Waals surface area contributed by atoms with Gasteiger partial charge in [-0.1, -0.05) is 24.1 Å². The van der Waals surface area contributed by atoms with Crippen molar-refractivity contribution in [3.05, 3.63) is 58.1 Å². The zero-order chi connectivity index (χ0) is 20.3. The van der Waals surface area contributed by atoms with Gasteiger partial charge in [0.25, 0.3) is 0 Å². The molecule has 1 N–H and O–H groups in total. The van der Waals surface area contributed by atoms with E-state index in [4.69, 9.17) is 4.52 Å². The summed E-state index contributed by atoms with van der Waals surface area (Å²) >= 11 is 1.54. The molecule has 0 aliphatic heterocycles. The van der Waals surface area contributed by atoms with Crippen LogP contribution in [0.15, 0.2) is 39.5 Å². The van der Waals surface area contributed by atoms with Crippen molar-refractivity contribution in [1.82, 2.24) is 15.5 Å². The van der Waals surface area contributed by atoms with Gasteiger partial charge in [-0.2, -0.15) is 16.3 Å². The monoisotopic (exact) mass is 417 g/mol. The average Bonchev–Trinajstić information content (AvgIpc) is 3.46. The summed E-state index contributed by atoms with van der Waals surface area (Å²) < 4.78 is 34.0. The maximum atomic E-state index is 14.4. The Kier molecular flexibility index (Phi) is 5.71. The molecule has 1 fully saturated rings. The number of amides is 1. The number of carbonyl (C=O) groups is 1. The molecule has 0 radical (unpaired) electrons. The number of thiophene rings is 1. The Morgan fingerprint density at radius 3 is 2.66 bits per heavy atom. The number of hydrogen-bond donors (Lipinski definition) is 1. The SMILES string of the molecule is O=C(CCc1nc(-c2ccsc2)no1)NCC1(c2c(F)cccc2F)CCCC1. The molecule has 1 aliphatic rings. The summed E-state index contributed by atoms with van der Waals surface area (Å²) in [6.45, 7) is 0.216. The summed E-state index contributed by atoms with van der Waals surface area (Å²) in [4.78, 5) is 16.7. The zero-order valence-electron chi connectivity index (χ0n) is 15.8. The van der Waals surface area contributed by atoms with Gasteiger partial charge in [0.15, 0.2) is 0 Å². The first-order chi connectivity index (χ1) is 14.1. The highest BCUT2D eigenvalue weighted by Crippen LogP contribution is 2.42. The maximum absolute atomic E-state index is 14.4. The first kappa shape index (κ1) is 19.7. The molecule has 1 aliphatic carbocycles. The smallest absolute Gasteiger partial charge is 0.227 e. The van der Waals surface area contributed by atoms with Gasteiger partial charge in [-0.15, -0.1) is 0 Å². The summed E-state index contributed by atoms with van der Waals surface area (Å²) in [7, 11) is 0. The van der Waals surface area contributed by atoms with Crippen molar-refractivity contribution >= 4 is 17.2 Å². The first-order valence-corrected chi connectivity index (χ1v) is 10.6. The van der Waals surface area contributed by atoms with Gasteiger partial charge < -0.3 is 9.84 Å². The largest absolute Gasteiger partial charge is 0.355 e. The number of benzene rings is 1. The highest BCUT2D eigenvalue weighted by Gasteiger charge is 2.40. The van der Waals surface area contributed by atoms with E-state index < -0.39 is 17.0 Å². The van der Waals surface area contributed by atoms with Crippen molar-refractivity contribution in [2.24, 2.45) is 0 Å². The molecule has 0 unspecified atom stereocenters. The first-order valence-electron chi connectivity index (χ1n) is 9.64. The van der Waals surface area contributed by atoms with Gasteiger partial charge in [0.05, 0.1) is 0 Å². The number of carbonyl (C=O) groups excluding carboxylic acids is 1. The molecule has 1 aromatic carbocycles. The second kappa shape index (κ2) is 8.41. The van der Waals surface area contributed by atoms with Gasteiger partial charge in [0, 0.05) is 41.3 Å². The van der Waals surface area contributed by atoms with Crippen LogP contribution in [0.25, 0.3) is 11.4 Å². The molecule has 29 heavy (non-hydrogen) atoms. The average molecular weight is 417 g/mol. The lowest BCUT2D eigenvalue weighted by Crippen LogP contribution is -2.40. The second-order valence-electron chi connectivity index (χ2n) is 7.38. The molecule has 3 aromatic rings. The van der Waals surface area contributed by atoms with Crippen LogP contribution < -0.4 is 5.32 Å². The fourth-order valence-electron chi connectivity index (χ4n) is 4.01. The van der Waals surface area contributed by atoms with E-state index in [2.05, 4.69) is 15.5 Å². The zero-order valence-corrected chi connectivity index (χ0v) is 16.6. The van der Waals surface area contributed by atoms with Crippen LogP contribution in [0.1, 0.15) is 43.6 Å². The quantitative estimate of drug-likeness (QED) is 0.608. The fraction of sp³-hybridized carbons (Fsp3) is 0.381. The molecule has 5 nitrogen and oxygen atoms in total. The van der Waals surface area contributed by atoms with Crippen molar-refractivity contribution in [2.75, 3.05) is 6.54 Å². The van der Waals surface area contributed by atoms with Crippen molar-refractivity contribution in [3.63, 3.8) is 0 Å². The Morgan fingerprint density at radius 1 is 1.21 bits per heavy atom. The van der Waals surface area contributed by atoms with Crippen LogP contribution in [-0.4, -0.2) is 22.6 Å². The van der Waals surface area contributed by atoms with Crippen LogP contribution >= 0.6 is 11.3 Å². The molecule has 8 heteroatoms. The lowest BCUT2D eigenvalue weighted by atomic mass is 9.78. The van der Waals surface area contributed by atoms with Crippen LogP contribution in [0.3, 0.4) is 0 Å². The van der Waals surface area contributed by atoms with Gasteiger partial charge in [-0.25, -0.2) is 8.78 Å². The molecule has 0 atom stereocenters. The number of rotatable bonds is 7. The number of hydrogen-bond acceptors (Lipinski definition) is 5. The highest BCUT2D eigenvalue weighted by molar-refractivity contribution is 7.08. The third-order valence-corrected chi connectivity index (χ3v) is 6.17. The van der Waals surface area contributed by atoms with Crippen molar-refractivity contribution in [2.45, 2.75) is 43.9 Å². The van der Waals surface area contributed by atoms with Crippen molar-refractivity contribution in [1.29, 1.82) is 0 Å². The third-order valence-electron chi connectivity index (χ3n) is 5.49. The number of halogens is 2. The van der Waals surface area contributed by atoms with E-state index in [0.717, 1.165) is 18.4 Å². The van der Waals surface area contributed by atoms with E-state index in [9.17, 15) is 13.6 Å². The molecule has 2 aromatic heterocycles. The van der Waals surface area contributed by atoms with Crippen LogP contribution in [0.2, 0.25) is 0 Å². The number of nitrogens with zero attached hydrogens (tertiary/aromatic N) is 2. The number of aryl methyl sites for hydroxylation is 1. The predicted molar refractivity (Wildman–Crippen MR) is 105 cm³/mol. The van der Waals surface area contributed by atoms with E-state index in [0.29, 0.717) is 31.0 Å². The number of nitrogens with one attached hydrogen (secondary N) is 1. The minimum atomic E-state index is -0.693. The lowest BCUT2D eigenvalue weighted by molar-refractivity contribution is -0.121. The van der Waals surface area contributed by atoms with E-state index in [-0.39, 0.29) is 24.4 Å². The molecule has 1 amide bonds. The van der Waals surface area contributed by atoms with Gasteiger partial charge in [-0.05, 0) is 36.4 Å². The fourth-order valence-corrected chi connectivity index (χ4v) is 4.65. The van der Waals surface area contributed by atoms with Gasteiger partial charge in [0.2, 0.25) is 17.6 Å². The standard InChI is InChI=1S/C21H21F2N3O2S/c22-15-4-3-5-16(23)19(15)21(9-1-2-10-21)13-24-17(27)6-7-18-25-20(26-28-18)14-8-11-29-12-14/h3-5,8,11-12H,1-2,6-7,9-10,13H2,(H,24,27). The van der Waals surface area contributed by atoms with Gasteiger partial charge in [-0.3, -0.25) is 4.79 Å². The van der Waals surface area contributed by atoms with Crippen molar-refractivity contribution in [3.8, 4) is 11.4 Å². The second-order valence-corrected chi connectivity index (χ2v) is 8.16. The minimum Gasteiger partial charge on any atom is -0.355 e. The van der Waals surface area contributed by atoms with Gasteiger partial charge >= 0.3 is 0 Å². The van der Waals surface area contributed by atoms with Crippen LogP contribution in [0.5, 0.6) is 0 Å². The van der Waals surface area contributed by atoms with Crippen molar-refractivity contribution < 1.29 is 18.1 Å². The Morgan fingerprint density at radius 2 is 1.97 bits per heavy atom. The van der Waals surface area contributed by atoms with Crippen LogP contribution in [-0.2, 0) is 16.6 Å². The van der Waals surface area contributed by atoms with Crippen LogP contribution in [0.4, 0.5) is 8.78 Å².